The van der Waals surface area contributed by atoms with Gasteiger partial charge in [-0.1, -0.05) is 13.2 Å². The second-order valence-corrected chi connectivity index (χ2v) is 2.63. The van der Waals surface area contributed by atoms with E-state index in [-0.39, 0.29) is 13.2 Å². The van der Waals surface area contributed by atoms with E-state index in [9.17, 15) is 15.3 Å². The molecule has 0 amide bonds. The third-order valence-electron chi connectivity index (χ3n) is 1.56. The standard InChI is InChI=1S/C9H16O5/c1-3-13-5-7(10)9(12)8(11)6-14-4-2/h3-4,7-12H,1-2,5-6H2. The van der Waals surface area contributed by atoms with Crippen molar-refractivity contribution in [2.24, 2.45) is 0 Å². The molecule has 2 unspecified atom stereocenters. The summed E-state index contributed by atoms with van der Waals surface area (Å²) in [5.74, 6) is 0. The molecule has 0 bridgehead atoms. The Morgan fingerprint density at radius 1 is 0.929 bits per heavy atom. The van der Waals surface area contributed by atoms with Gasteiger partial charge in [-0.05, 0) is 0 Å². The van der Waals surface area contributed by atoms with Gasteiger partial charge < -0.3 is 24.8 Å². The van der Waals surface area contributed by atoms with Crippen LogP contribution >= 0.6 is 0 Å². The lowest BCUT2D eigenvalue weighted by Crippen LogP contribution is -2.41. The topological polar surface area (TPSA) is 79.2 Å². The van der Waals surface area contributed by atoms with Crippen LogP contribution in [0.4, 0.5) is 0 Å². The predicted octanol–water partition coefficient (Wildman–Crippen LogP) is -0.611. The van der Waals surface area contributed by atoms with E-state index in [1.54, 1.807) is 0 Å². The van der Waals surface area contributed by atoms with E-state index in [0.717, 1.165) is 12.5 Å². The molecular formula is C9H16O5. The lowest BCUT2D eigenvalue weighted by Gasteiger charge is -2.21. The van der Waals surface area contributed by atoms with Crippen molar-refractivity contribution in [1.29, 1.82) is 0 Å². The first kappa shape index (κ1) is 13.0. The Hall–Kier alpha value is -1.04. The normalized spacial score (nSPS) is 16.5. The predicted molar refractivity (Wildman–Crippen MR) is 50.3 cm³/mol. The van der Waals surface area contributed by atoms with Gasteiger partial charge in [0.15, 0.2) is 0 Å². The molecule has 0 aliphatic rings. The highest BCUT2D eigenvalue weighted by molar-refractivity contribution is 4.76. The minimum absolute atomic E-state index is 0.129. The van der Waals surface area contributed by atoms with Crippen LogP contribution in [0.3, 0.4) is 0 Å². The van der Waals surface area contributed by atoms with Crippen molar-refractivity contribution in [1.82, 2.24) is 0 Å². The maximum atomic E-state index is 9.31. The average Bonchev–Trinajstić information content (AvgIpc) is 2.21. The van der Waals surface area contributed by atoms with Gasteiger partial charge >= 0.3 is 0 Å². The summed E-state index contributed by atoms with van der Waals surface area (Å²) in [6.07, 6.45) is -1.41. The Kier molecular flexibility index (Phi) is 6.82. The van der Waals surface area contributed by atoms with E-state index in [1.165, 1.54) is 0 Å². The van der Waals surface area contributed by atoms with Crippen molar-refractivity contribution in [3.8, 4) is 0 Å². The summed E-state index contributed by atoms with van der Waals surface area (Å²) in [5, 5.41) is 27.8. The molecule has 0 aliphatic carbocycles. The third-order valence-corrected chi connectivity index (χ3v) is 1.56. The molecule has 0 rings (SSSR count). The monoisotopic (exact) mass is 204 g/mol. The van der Waals surface area contributed by atoms with Gasteiger partial charge in [-0.25, -0.2) is 0 Å². The molecule has 82 valence electrons. The first-order valence-electron chi connectivity index (χ1n) is 4.12. The van der Waals surface area contributed by atoms with Crippen molar-refractivity contribution in [3.05, 3.63) is 25.7 Å². The first-order chi connectivity index (χ1) is 6.63. The summed E-state index contributed by atoms with van der Waals surface area (Å²) in [6.45, 7) is 6.28. The molecule has 3 N–H and O–H groups in total. The zero-order valence-electron chi connectivity index (χ0n) is 7.87. The molecule has 0 spiro atoms. The van der Waals surface area contributed by atoms with Crippen LogP contribution in [-0.4, -0.2) is 46.8 Å². The highest BCUT2D eigenvalue weighted by atomic mass is 16.5. The number of rotatable bonds is 8. The Morgan fingerprint density at radius 3 is 1.57 bits per heavy atom. The second kappa shape index (κ2) is 7.37. The minimum atomic E-state index is -1.32. The van der Waals surface area contributed by atoms with Gasteiger partial charge in [0, 0.05) is 0 Å². The first-order valence-corrected chi connectivity index (χ1v) is 4.12. The van der Waals surface area contributed by atoms with Crippen molar-refractivity contribution >= 4 is 0 Å². The Balaban J connectivity index is 3.82. The lowest BCUT2D eigenvalue weighted by molar-refractivity contribution is -0.0925. The van der Waals surface area contributed by atoms with E-state index >= 15 is 0 Å². The van der Waals surface area contributed by atoms with Gasteiger partial charge in [-0.2, -0.15) is 0 Å². The van der Waals surface area contributed by atoms with Gasteiger partial charge in [-0.15, -0.1) is 0 Å². The summed E-state index contributed by atoms with van der Waals surface area (Å²) < 4.78 is 9.31. The number of hydrogen-bond donors (Lipinski definition) is 3. The molecule has 0 aromatic rings. The lowest BCUT2D eigenvalue weighted by atomic mass is 10.1. The van der Waals surface area contributed by atoms with Crippen LogP contribution < -0.4 is 0 Å². The summed E-state index contributed by atoms with van der Waals surface area (Å²) in [5.41, 5.74) is 0. The van der Waals surface area contributed by atoms with Crippen LogP contribution in [-0.2, 0) is 9.47 Å². The molecule has 5 heteroatoms. The fourth-order valence-electron chi connectivity index (χ4n) is 0.787. The summed E-state index contributed by atoms with van der Waals surface area (Å²) in [6, 6.07) is 0. The van der Waals surface area contributed by atoms with Crippen LogP contribution in [0.1, 0.15) is 0 Å². The maximum Gasteiger partial charge on any atom is 0.116 e. The highest BCUT2D eigenvalue weighted by Gasteiger charge is 2.25. The van der Waals surface area contributed by atoms with Gasteiger partial charge in [0.25, 0.3) is 0 Å². The van der Waals surface area contributed by atoms with Crippen molar-refractivity contribution in [2.75, 3.05) is 13.2 Å². The summed E-state index contributed by atoms with van der Waals surface area (Å²) in [4.78, 5) is 0. The molecule has 0 saturated carbocycles. The number of aliphatic hydroxyl groups excluding tert-OH is 3. The molecule has 5 nitrogen and oxygen atoms in total. The molecule has 2 atom stereocenters. The van der Waals surface area contributed by atoms with Crippen LogP contribution in [0.15, 0.2) is 25.7 Å². The van der Waals surface area contributed by atoms with Crippen LogP contribution in [0.25, 0.3) is 0 Å². The Morgan fingerprint density at radius 2 is 1.29 bits per heavy atom. The van der Waals surface area contributed by atoms with Gasteiger partial charge in [0.05, 0.1) is 12.5 Å². The van der Waals surface area contributed by atoms with Crippen LogP contribution in [0.2, 0.25) is 0 Å². The van der Waals surface area contributed by atoms with E-state index in [2.05, 4.69) is 22.6 Å². The van der Waals surface area contributed by atoms with Gasteiger partial charge in [-0.3, -0.25) is 0 Å². The van der Waals surface area contributed by atoms with Crippen molar-refractivity contribution < 1.29 is 24.8 Å². The smallest absolute Gasteiger partial charge is 0.116 e. The molecule has 0 aromatic carbocycles. The van der Waals surface area contributed by atoms with Crippen molar-refractivity contribution in [2.45, 2.75) is 18.3 Å². The average molecular weight is 204 g/mol. The molecule has 0 saturated heterocycles. The quantitative estimate of drug-likeness (QED) is 0.460. The molecule has 0 fully saturated rings. The van der Waals surface area contributed by atoms with E-state index < -0.39 is 18.3 Å². The fraction of sp³-hybridized carbons (Fsp3) is 0.556. The van der Waals surface area contributed by atoms with E-state index in [0.29, 0.717) is 0 Å². The summed E-state index contributed by atoms with van der Waals surface area (Å²) in [7, 11) is 0. The molecule has 14 heavy (non-hydrogen) atoms. The van der Waals surface area contributed by atoms with Gasteiger partial charge in [0.1, 0.15) is 31.5 Å². The van der Waals surface area contributed by atoms with Crippen LogP contribution in [0.5, 0.6) is 0 Å². The zero-order valence-corrected chi connectivity index (χ0v) is 7.87. The molecule has 0 aliphatic heterocycles. The number of aliphatic hydroxyl groups is 3. The Bertz CT molecular complexity index is 153. The Labute approximate surface area is 82.9 Å². The maximum absolute atomic E-state index is 9.31. The van der Waals surface area contributed by atoms with Gasteiger partial charge in [0.2, 0.25) is 0 Å². The SMILES string of the molecule is C=COCC(O)C(O)C(O)COC=C. The highest BCUT2D eigenvalue weighted by Crippen LogP contribution is 2.02. The molecule has 0 heterocycles. The molecule has 0 radical (unpaired) electrons. The van der Waals surface area contributed by atoms with Crippen molar-refractivity contribution in [3.63, 3.8) is 0 Å². The molecular weight excluding hydrogens is 188 g/mol. The number of hydrogen-bond acceptors (Lipinski definition) is 5. The van der Waals surface area contributed by atoms with E-state index in [1.807, 2.05) is 0 Å². The van der Waals surface area contributed by atoms with Crippen LogP contribution in [0, 0.1) is 0 Å². The number of ether oxygens (including phenoxy) is 2. The van der Waals surface area contributed by atoms with E-state index in [4.69, 9.17) is 0 Å². The minimum Gasteiger partial charge on any atom is -0.499 e. The third kappa shape index (κ3) is 4.86. The molecule has 0 aromatic heterocycles. The second-order valence-electron chi connectivity index (χ2n) is 2.63. The largest absolute Gasteiger partial charge is 0.499 e. The zero-order chi connectivity index (χ0) is 11.0. The fourth-order valence-corrected chi connectivity index (χ4v) is 0.787. The summed E-state index contributed by atoms with van der Waals surface area (Å²) >= 11 is 0.